The van der Waals surface area contributed by atoms with Crippen molar-refractivity contribution >= 4 is 17.3 Å². The van der Waals surface area contributed by atoms with E-state index in [0.29, 0.717) is 5.69 Å². The number of hydrogen-bond acceptors (Lipinski definition) is 2. The Bertz CT molecular complexity index is 535. The molecule has 0 bridgehead atoms. The van der Waals surface area contributed by atoms with Crippen molar-refractivity contribution in [2.45, 2.75) is 26.4 Å². The fourth-order valence-corrected chi connectivity index (χ4v) is 1.82. The van der Waals surface area contributed by atoms with Crippen LogP contribution in [0.1, 0.15) is 17.5 Å². The number of anilines is 1. The van der Waals surface area contributed by atoms with E-state index >= 15 is 0 Å². The molecule has 96 valence electrons. The molecular weight excluding hydrogens is 245 g/mol. The summed E-state index contributed by atoms with van der Waals surface area (Å²) in [7, 11) is 0. The third-order valence-corrected chi connectivity index (χ3v) is 2.68. The minimum atomic E-state index is -4.55. The lowest BCUT2D eigenvalue weighted by atomic mass is 10.1. The van der Waals surface area contributed by atoms with Crippen LogP contribution in [0.3, 0.4) is 0 Å². The summed E-state index contributed by atoms with van der Waals surface area (Å²) in [5.41, 5.74) is 1.04. The number of hydrogen-bond donors (Lipinski definition) is 0. The number of alkyl halides is 3. The fourth-order valence-electron chi connectivity index (χ4n) is 1.82. The molecule has 0 saturated carbocycles. The van der Waals surface area contributed by atoms with Gasteiger partial charge >= 0.3 is 6.18 Å². The first-order valence-corrected chi connectivity index (χ1v) is 5.34. The summed E-state index contributed by atoms with van der Waals surface area (Å²) in [6.07, 6.45) is -5.25. The number of benzene rings is 1. The standard InChI is InChI=1S/C12H11F3N2O/c1-7-3-4-9(8(2)5-7)17-11(18)6-10(16-17)12(13,14)15/h3-5H,6H2,1-2H3. The molecule has 1 aromatic carbocycles. The summed E-state index contributed by atoms with van der Waals surface area (Å²) in [6, 6.07) is 5.13. The van der Waals surface area contributed by atoms with Crippen molar-refractivity contribution in [2.24, 2.45) is 5.10 Å². The van der Waals surface area contributed by atoms with E-state index < -0.39 is 24.2 Å². The first kappa shape index (κ1) is 12.6. The maximum absolute atomic E-state index is 12.5. The zero-order valence-electron chi connectivity index (χ0n) is 9.88. The Hall–Kier alpha value is -1.85. The molecule has 0 unspecified atom stereocenters. The van der Waals surface area contributed by atoms with Crippen LogP contribution in [0.4, 0.5) is 18.9 Å². The summed E-state index contributed by atoms with van der Waals surface area (Å²) < 4.78 is 37.4. The lowest BCUT2D eigenvalue weighted by Gasteiger charge is -2.14. The van der Waals surface area contributed by atoms with Crippen LogP contribution in [0.5, 0.6) is 0 Å². The highest BCUT2D eigenvalue weighted by molar-refractivity contribution is 6.15. The molecule has 0 saturated heterocycles. The second-order valence-corrected chi connectivity index (χ2v) is 4.22. The minimum Gasteiger partial charge on any atom is -0.272 e. The van der Waals surface area contributed by atoms with Crippen molar-refractivity contribution < 1.29 is 18.0 Å². The largest absolute Gasteiger partial charge is 0.431 e. The van der Waals surface area contributed by atoms with Crippen LogP contribution in [0, 0.1) is 13.8 Å². The molecule has 0 N–H and O–H groups in total. The van der Waals surface area contributed by atoms with Gasteiger partial charge in [-0.25, -0.2) is 0 Å². The molecule has 1 heterocycles. The molecule has 2 rings (SSSR count). The molecule has 0 radical (unpaired) electrons. The van der Waals surface area contributed by atoms with Crippen molar-refractivity contribution in [1.29, 1.82) is 0 Å². The van der Waals surface area contributed by atoms with Gasteiger partial charge in [-0.3, -0.25) is 4.79 Å². The Morgan fingerprint density at radius 3 is 2.44 bits per heavy atom. The summed E-state index contributed by atoms with van der Waals surface area (Å²) in [4.78, 5) is 11.6. The molecule has 0 fully saturated rings. The zero-order chi connectivity index (χ0) is 13.5. The average Bonchev–Trinajstić information content (AvgIpc) is 2.60. The van der Waals surface area contributed by atoms with Crippen LogP contribution in [0.2, 0.25) is 0 Å². The number of amides is 1. The van der Waals surface area contributed by atoms with Gasteiger partial charge in [0, 0.05) is 0 Å². The van der Waals surface area contributed by atoms with Gasteiger partial charge in [0.05, 0.1) is 12.1 Å². The lowest BCUT2D eigenvalue weighted by Crippen LogP contribution is -2.22. The maximum atomic E-state index is 12.5. The molecule has 6 heteroatoms. The molecular formula is C12H11F3N2O. The molecule has 0 atom stereocenters. The van der Waals surface area contributed by atoms with E-state index in [0.717, 1.165) is 16.1 Å². The summed E-state index contributed by atoms with van der Waals surface area (Å²) in [5, 5.41) is 4.21. The van der Waals surface area contributed by atoms with E-state index in [1.165, 1.54) is 0 Å². The predicted octanol–water partition coefficient (Wildman–Crippen LogP) is 2.96. The van der Waals surface area contributed by atoms with Gasteiger partial charge in [0.1, 0.15) is 0 Å². The predicted molar refractivity (Wildman–Crippen MR) is 61.5 cm³/mol. The molecule has 1 aliphatic heterocycles. The SMILES string of the molecule is Cc1ccc(N2N=C(C(F)(F)F)CC2=O)c(C)c1. The van der Waals surface area contributed by atoms with E-state index in [1.54, 1.807) is 25.1 Å². The highest BCUT2D eigenvalue weighted by Crippen LogP contribution is 2.30. The number of halogens is 3. The van der Waals surface area contributed by atoms with E-state index in [4.69, 9.17) is 0 Å². The zero-order valence-corrected chi connectivity index (χ0v) is 9.88. The second-order valence-electron chi connectivity index (χ2n) is 4.22. The van der Waals surface area contributed by atoms with Crippen molar-refractivity contribution in [3.63, 3.8) is 0 Å². The Balaban J connectivity index is 2.40. The van der Waals surface area contributed by atoms with Crippen LogP contribution >= 0.6 is 0 Å². The first-order valence-electron chi connectivity index (χ1n) is 5.34. The summed E-state index contributed by atoms with van der Waals surface area (Å²) in [5.74, 6) is -0.658. The van der Waals surface area contributed by atoms with E-state index in [-0.39, 0.29) is 0 Å². The quantitative estimate of drug-likeness (QED) is 0.760. The van der Waals surface area contributed by atoms with Crippen LogP contribution < -0.4 is 5.01 Å². The smallest absolute Gasteiger partial charge is 0.272 e. The number of aryl methyl sites for hydroxylation is 2. The van der Waals surface area contributed by atoms with Crippen LogP contribution in [-0.2, 0) is 4.79 Å². The van der Waals surface area contributed by atoms with Gasteiger partial charge in [0.15, 0.2) is 5.71 Å². The molecule has 18 heavy (non-hydrogen) atoms. The molecule has 0 aromatic heterocycles. The maximum Gasteiger partial charge on any atom is 0.431 e. The minimum absolute atomic E-state index is 0.393. The van der Waals surface area contributed by atoms with Gasteiger partial charge in [0.25, 0.3) is 5.91 Å². The first-order chi connectivity index (χ1) is 8.29. The molecule has 0 aliphatic carbocycles. The monoisotopic (exact) mass is 256 g/mol. The van der Waals surface area contributed by atoms with Crippen molar-refractivity contribution in [2.75, 3.05) is 5.01 Å². The summed E-state index contributed by atoms with van der Waals surface area (Å²) >= 11 is 0. The molecule has 1 aliphatic rings. The number of hydrazone groups is 1. The van der Waals surface area contributed by atoms with Crippen LogP contribution in [-0.4, -0.2) is 17.8 Å². The van der Waals surface area contributed by atoms with E-state index in [9.17, 15) is 18.0 Å². The Morgan fingerprint density at radius 2 is 1.94 bits per heavy atom. The summed E-state index contributed by atoms with van der Waals surface area (Å²) in [6.45, 7) is 3.60. The Kier molecular flexibility index (Phi) is 2.88. The second kappa shape index (κ2) is 4.12. The Labute approximate surface area is 102 Å². The van der Waals surface area contributed by atoms with Crippen molar-refractivity contribution in [3.05, 3.63) is 29.3 Å². The fraction of sp³-hybridized carbons (Fsp3) is 0.333. The number of carbonyl (C=O) groups is 1. The lowest BCUT2D eigenvalue weighted by molar-refractivity contribution is -0.117. The van der Waals surface area contributed by atoms with Crippen LogP contribution in [0.25, 0.3) is 0 Å². The topological polar surface area (TPSA) is 32.7 Å². The Morgan fingerprint density at radius 1 is 1.28 bits per heavy atom. The molecule has 1 amide bonds. The number of nitrogens with zero attached hydrogens (tertiary/aromatic N) is 2. The van der Waals surface area contributed by atoms with Crippen molar-refractivity contribution in [3.8, 4) is 0 Å². The van der Waals surface area contributed by atoms with Gasteiger partial charge in [0.2, 0.25) is 0 Å². The molecule has 0 spiro atoms. The van der Waals surface area contributed by atoms with Crippen molar-refractivity contribution in [1.82, 2.24) is 0 Å². The van der Waals surface area contributed by atoms with Gasteiger partial charge in [-0.15, -0.1) is 0 Å². The highest BCUT2D eigenvalue weighted by Gasteiger charge is 2.42. The van der Waals surface area contributed by atoms with Gasteiger partial charge in [-0.2, -0.15) is 23.3 Å². The number of carbonyl (C=O) groups excluding carboxylic acids is 1. The number of rotatable bonds is 1. The third kappa shape index (κ3) is 2.23. The highest BCUT2D eigenvalue weighted by atomic mass is 19.4. The van der Waals surface area contributed by atoms with Crippen LogP contribution in [0.15, 0.2) is 23.3 Å². The average molecular weight is 256 g/mol. The molecule has 3 nitrogen and oxygen atoms in total. The normalized spacial score (nSPS) is 16.2. The van der Waals surface area contributed by atoms with E-state index in [1.807, 2.05) is 6.92 Å². The van der Waals surface area contributed by atoms with Gasteiger partial charge in [-0.1, -0.05) is 17.7 Å². The van der Waals surface area contributed by atoms with Gasteiger partial charge < -0.3 is 0 Å². The third-order valence-electron chi connectivity index (χ3n) is 2.68. The molecule has 1 aromatic rings. The van der Waals surface area contributed by atoms with E-state index in [2.05, 4.69) is 5.10 Å². The van der Waals surface area contributed by atoms with Gasteiger partial charge in [-0.05, 0) is 25.5 Å².